The summed E-state index contributed by atoms with van der Waals surface area (Å²) in [5.41, 5.74) is 23.2. The molecular formula is C67H41NO2. The van der Waals surface area contributed by atoms with Gasteiger partial charge in [-0.25, -0.2) is 0 Å². The molecule has 326 valence electrons. The summed E-state index contributed by atoms with van der Waals surface area (Å²) in [4.78, 5) is 2.40. The van der Waals surface area contributed by atoms with Gasteiger partial charge in [-0.15, -0.1) is 0 Å². The second-order valence-corrected chi connectivity index (χ2v) is 18.7. The Morgan fingerprint density at radius 2 is 0.771 bits per heavy atom. The molecule has 0 saturated carbocycles. The predicted molar refractivity (Wildman–Crippen MR) is 288 cm³/mol. The Morgan fingerprint density at radius 1 is 0.286 bits per heavy atom. The SMILES string of the molecule is c1ccc(-c2ccc(-c3c4oc5cc(N(c6ccc(-c7ccccc7)cc6)c6ccc7c(c6)C6(c8ccccc8-c8ccccc86)c6ccccc6-7)ccc5c4cc4oc5ccccc5c34)cc2)cc1. The lowest BCUT2D eigenvalue weighted by atomic mass is 9.70. The normalized spacial score (nSPS) is 13.0. The third-order valence-corrected chi connectivity index (χ3v) is 15.1. The molecule has 0 N–H and O–H groups in total. The van der Waals surface area contributed by atoms with Crippen LogP contribution in [0.15, 0.2) is 258 Å². The fourth-order valence-corrected chi connectivity index (χ4v) is 12.1. The van der Waals surface area contributed by atoms with E-state index in [1.54, 1.807) is 0 Å². The van der Waals surface area contributed by atoms with E-state index in [9.17, 15) is 0 Å². The van der Waals surface area contributed by atoms with Gasteiger partial charge in [0.2, 0.25) is 0 Å². The first-order chi connectivity index (χ1) is 34.7. The molecule has 1 spiro atoms. The third-order valence-electron chi connectivity index (χ3n) is 15.1. The first-order valence-electron chi connectivity index (χ1n) is 24.1. The van der Waals surface area contributed by atoms with Crippen LogP contribution < -0.4 is 4.90 Å². The molecule has 13 aromatic rings. The summed E-state index contributed by atoms with van der Waals surface area (Å²) in [7, 11) is 0. The minimum absolute atomic E-state index is 0.475. The lowest BCUT2D eigenvalue weighted by Crippen LogP contribution is -2.26. The van der Waals surface area contributed by atoms with Gasteiger partial charge in [-0.1, -0.05) is 194 Å². The van der Waals surface area contributed by atoms with E-state index < -0.39 is 5.41 Å². The van der Waals surface area contributed by atoms with E-state index in [-0.39, 0.29) is 0 Å². The van der Waals surface area contributed by atoms with Crippen LogP contribution in [0.3, 0.4) is 0 Å². The molecule has 11 aromatic carbocycles. The second kappa shape index (κ2) is 14.9. The Balaban J connectivity index is 0.949. The van der Waals surface area contributed by atoms with Crippen molar-refractivity contribution in [2.45, 2.75) is 5.41 Å². The molecule has 0 amide bonds. The van der Waals surface area contributed by atoms with E-state index in [1.807, 2.05) is 6.07 Å². The van der Waals surface area contributed by atoms with Gasteiger partial charge >= 0.3 is 0 Å². The maximum atomic E-state index is 7.22. The third kappa shape index (κ3) is 5.52. The molecule has 0 atom stereocenters. The van der Waals surface area contributed by atoms with Crippen LogP contribution in [0.4, 0.5) is 17.1 Å². The lowest BCUT2D eigenvalue weighted by Gasteiger charge is -2.32. The van der Waals surface area contributed by atoms with Gasteiger partial charge in [0.15, 0.2) is 0 Å². The van der Waals surface area contributed by atoms with Crippen molar-refractivity contribution in [3.05, 3.63) is 271 Å². The van der Waals surface area contributed by atoms with Crippen molar-refractivity contribution in [1.29, 1.82) is 0 Å². The van der Waals surface area contributed by atoms with E-state index in [0.717, 1.165) is 72.1 Å². The zero-order valence-electron chi connectivity index (χ0n) is 37.9. The molecule has 3 heteroatoms. The van der Waals surface area contributed by atoms with Gasteiger partial charge in [-0.2, -0.15) is 0 Å². The van der Waals surface area contributed by atoms with Crippen molar-refractivity contribution in [1.82, 2.24) is 0 Å². The van der Waals surface area contributed by atoms with Gasteiger partial charge < -0.3 is 13.7 Å². The zero-order chi connectivity index (χ0) is 45.9. The summed E-state index contributed by atoms with van der Waals surface area (Å²) >= 11 is 0. The molecule has 70 heavy (non-hydrogen) atoms. The number of fused-ring (bicyclic) bond motifs is 16. The Hall–Kier alpha value is -9.18. The van der Waals surface area contributed by atoms with Crippen molar-refractivity contribution >= 4 is 60.9 Å². The van der Waals surface area contributed by atoms with Gasteiger partial charge in [0.05, 0.1) is 5.41 Å². The maximum Gasteiger partial charge on any atom is 0.144 e. The quantitative estimate of drug-likeness (QED) is 0.167. The van der Waals surface area contributed by atoms with Gasteiger partial charge in [0.25, 0.3) is 0 Å². The Bertz CT molecular complexity index is 4160. The summed E-state index contributed by atoms with van der Waals surface area (Å²) in [5.74, 6) is 0. The Morgan fingerprint density at radius 3 is 1.41 bits per heavy atom. The molecule has 2 aliphatic carbocycles. The summed E-state index contributed by atoms with van der Waals surface area (Å²) in [5, 5.41) is 4.17. The highest BCUT2D eigenvalue weighted by Gasteiger charge is 2.51. The minimum atomic E-state index is -0.475. The van der Waals surface area contributed by atoms with Crippen LogP contribution in [0, 0.1) is 0 Å². The molecular weight excluding hydrogens is 851 g/mol. The van der Waals surface area contributed by atoms with Gasteiger partial charge in [-0.3, -0.25) is 0 Å². The van der Waals surface area contributed by atoms with E-state index >= 15 is 0 Å². The molecule has 3 nitrogen and oxygen atoms in total. The van der Waals surface area contributed by atoms with E-state index in [2.05, 4.69) is 248 Å². The average Bonchev–Trinajstić information content (AvgIpc) is 4.16. The monoisotopic (exact) mass is 891 g/mol. The molecule has 0 aliphatic heterocycles. The van der Waals surface area contributed by atoms with Crippen LogP contribution in [-0.2, 0) is 5.41 Å². The molecule has 2 aromatic heterocycles. The number of nitrogens with zero attached hydrogens (tertiary/aromatic N) is 1. The molecule has 2 aliphatic rings. The molecule has 0 bridgehead atoms. The number of hydrogen-bond donors (Lipinski definition) is 0. The molecule has 0 unspecified atom stereocenters. The number of hydrogen-bond acceptors (Lipinski definition) is 3. The summed E-state index contributed by atoms with van der Waals surface area (Å²) in [6, 6.07) is 90.3. The van der Waals surface area contributed by atoms with E-state index in [4.69, 9.17) is 8.83 Å². The van der Waals surface area contributed by atoms with Crippen molar-refractivity contribution in [3.63, 3.8) is 0 Å². The molecule has 15 rings (SSSR count). The van der Waals surface area contributed by atoms with Crippen molar-refractivity contribution in [3.8, 4) is 55.6 Å². The van der Waals surface area contributed by atoms with E-state index in [0.29, 0.717) is 0 Å². The maximum absolute atomic E-state index is 7.22. The van der Waals surface area contributed by atoms with E-state index in [1.165, 1.54) is 66.8 Å². The van der Waals surface area contributed by atoms with Gasteiger partial charge in [0, 0.05) is 50.2 Å². The Labute approximate surface area is 404 Å². The van der Waals surface area contributed by atoms with Gasteiger partial charge in [-0.05, 0) is 121 Å². The highest BCUT2D eigenvalue weighted by atomic mass is 16.3. The van der Waals surface area contributed by atoms with Crippen molar-refractivity contribution in [2.75, 3.05) is 4.90 Å². The van der Waals surface area contributed by atoms with Crippen LogP contribution >= 0.6 is 0 Å². The second-order valence-electron chi connectivity index (χ2n) is 18.7. The highest BCUT2D eigenvalue weighted by Crippen LogP contribution is 2.63. The average molecular weight is 892 g/mol. The molecule has 0 fully saturated rings. The summed E-state index contributed by atoms with van der Waals surface area (Å²) in [6.45, 7) is 0. The number of rotatable bonds is 6. The first-order valence-corrected chi connectivity index (χ1v) is 24.1. The number of para-hydroxylation sites is 1. The predicted octanol–water partition coefficient (Wildman–Crippen LogP) is 18.3. The summed E-state index contributed by atoms with van der Waals surface area (Å²) in [6.07, 6.45) is 0. The van der Waals surface area contributed by atoms with Crippen LogP contribution in [0.5, 0.6) is 0 Å². The minimum Gasteiger partial charge on any atom is -0.456 e. The topological polar surface area (TPSA) is 29.5 Å². The summed E-state index contributed by atoms with van der Waals surface area (Å²) < 4.78 is 13.9. The number of benzene rings is 11. The number of furan rings is 2. The largest absolute Gasteiger partial charge is 0.456 e. The molecule has 0 saturated heterocycles. The van der Waals surface area contributed by atoms with Crippen molar-refractivity contribution in [2.24, 2.45) is 0 Å². The fourth-order valence-electron chi connectivity index (χ4n) is 12.1. The lowest BCUT2D eigenvalue weighted by molar-refractivity contribution is 0.664. The Kier molecular flexibility index (Phi) is 8.28. The molecule has 0 radical (unpaired) electrons. The van der Waals surface area contributed by atoms with Crippen molar-refractivity contribution < 1.29 is 8.83 Å². The molecule has 2 heterocycles. The van der Waals surface area contributed by atoms with Gasteiger partial charge in [0.1, 0.15) is 22.3 Å². The number of anilines is 3. The van der Waals surface area contributed by atoms with Crippen LogP contribution in [0.1, 0.15) is 22.3 Å². The fraction of sp³-hybridized carbons (Fsp3) is 0.0149. The zero-order valence-corrected chi connectivity index (χ0v) is 37.9. The first kappa shape index (κ1) is 38.9. The van der Waals surface area contributed by atoms with Crippen LogP contribution in [-0.4, -0.2) is 0 Å². The smallest absolute Gasteiger partial charge is 0.144 e. The van der Waals surface area contributed by atoms with Crippen LogP contribution in [0.2, 0.25) is 0 Å². The van der Waals surface area contributed by atoms with Crippen LogP contribution in [0.25, 0.3) is 99.5 Å². The highest BCUT2D eigenvalue weighted by molar-refractivity contribution is 6.23. The standard InChI is InChI=1S/C67H41NO2/c1-3-15-42(16-4-1)44-27-29-46(30-28-44)64-65-55-22-10-14-26-61(55)69-63(65)41-56-54-38-36-49(40-62(54)70-66(56)64)68(47-33-31-45(32-34-47)43-17-5-2-6-18-43)48-35-37-53-52-21-9-13-25-59(52)67(60(53)39-48)57-23-11-7-19-50(57)51-20-8-12-24-58(51)67/h1-41H.